The lowest BCUT2D eigenvalue weighted by atomic mass is 9.97. The molecule has 2 aromatic carbocycles. The standard InChI is InChI=1S/C25H23N5O3/c1-14-3-4-15(11-26)9-19(14)23-22(27-13-29(23)2)16-5-6-18-17(10-16)12-30(25(18)33)20-7-8-21(31)28-24(20)32/h3-6,9-10,13,20,25,33H,7-8,12H2,1-2H3,(H,28,31,32). The van der Waals surface area contributed by atoms with Crippen molar-refractivity contribution in [1.82, 2.24) is 19.8 Å². The molecular weight excluding hydrogens is 418 g/mol. The molecule has 8 nitrogen and oxygen atoms in total. The van der Waals surface area contributed by atoms with Crippen molar-refractivity contribution in [2.24, 2.45) is 7.05 Å². The van der Waals surface area contributed by atoms with Crippen molar-refractivity contribution in [2.45, 2.75) is 38.6 Å². The van der Waals surface area contributed by atoms with Crippen LogP contribution >= 0.6 is 0 Å². The first-order valence-corrected chi connectivity index (χ1v) is 10.8. The molecule has 8 heteroatoms. The minimum absolute atomic E-state index is 0.264. The highest BCUT2D eigenvalue weighted by Gasteiger charge is 2.39. The van der Waals surface area contributed by atoms with E-state index < -0.39 is 12.3 Å². The maximum Gasteiger partial charge on any atom is 0.244 e. The fourth-order valence-electron chi connectivity index (χ4n) is 4.79. The Kier molecular flexibility index (Phi) is 5.08. The molecule has 3 heterocycles. The number of aromatic nitrogens is 2. The van der Waals surface area contributed by atoms with Crippen LogP contribution in [0.1, 0.15) is 41.3 Å². The van der Waals surface area contributed by atoms with E-state index in [0.717, 1.165) is 39.2 Å². The van der Waals surface area contributed by atoms with Crippen molar-refractivity contribution in [3.05, 3.63) is 65.0 Å². The van der Waals surface area contributed by atoms with E-state index in [0.29, 0.717) is 18.5 Å². The molecule has 2 unspecified atom stereocenters. The number of nitriles is 1. The number of aliphatic hydroxyl groups excluding tert-OH is 1. The highest BCUT2D eigenvalue weighted by atomic mass is 16.3. The van der Waals surface area contributed by atoms with Crippen molar-refractivity contribution < 1.29 is 14.7 Å². The lowest BCUT2D eigenvalue weighted by Gasteiger charge is -2.31. The average molecular weight is 441 g/mol. The fourth-order valence-corrected chi connectivity index (χ4v) is 4.79. The first-order valence-electron chi connectivity index (χ1n) is 10.8. The number of benzene rings is 2. The van der Waals surface area contributed by atoms with Gasteiger partial charge < -0.3 is 9.67 Å². The summed E-state index contributed by atoms with van der Waals surface area (Å²) in [6, 6.07) is 13.1. The Bertz CT molecular complexity index is 1340. The first-order chi connectivity index (χ1) is 15.9. The van der Waals surface area contributed by atoms with Gasteiger partial charge in [0, 0.05) is 31.1 Å². The quantitative estimate of drug-likeness (QED) is 0.605. The number of hydrogen-bond donors (Lipinski definition) is 2. The third-order valence-electron chi connectivity index (χ3n) is 6.53. The van der Waals surface area contributed by atoms with Gasteiger partial charge >= 0.3 is 0 Å². The summed E-state index contributed by atoms with van der Waals surface area (Å²) in [5.41, 5.74) is 6.82. The second kappa shape index (κ2) is 7.96. The smallest absolute Gasteiger partial charge is 0.244 e. The van der Waals surface area contributed by atoms with Gasteiger partial charge in [-0.1, -0.05) is 18.2 Å². The summed E-state index contributed by atoms with van der Waals surface area (Å²) in [6.45, 7) is 2.41. The zero-order chi connectivity index (χ0) is 23.3. The largest absolute Gasteiger partial charge is 0.374 e. The van der Waals surface area contributed by atoms with Crippen LogP contribution < -0.4 is 5.32 Å². The molecule has 166 valence electrons. The van der Waals surface area contributed by atoms with E-state index in [9.17, 15) is 20.0 Å². The number of amides is 2. The van der Waals surface area contributed by atoms with Crippen LogP contribution in [0.3, 0.4) is 0 Å². The van der Waals surface area contributed by atoms with Gasteiger partial charge in [-0.25, -0.2) is 4.98 Å². The number of carbonyl (C=O) groups is 2. The predicted molar refractivity (Wildman–Crippen MR) is 120 cm³/mol. The number of imidazole rings is 1. The van der Waals surface area contributed by atoms with Crippen molar-refractivity contribution in [2.75, 3.05) is 0 Å². The number of hydrogen-bond acceptors (Lipinski definition) is 6. The highest BCUT2D eigenvalue weighted by Crippen LogP contribution is 2.39. The number of piperidine rings is 1. The molecule has 2 aliphatic rings. The van der Waals surface area contributed by atoms with Gasteiger partial charge in [0.05, 0.1) is 35.4 Å². The number of carbonyl (C=O) groups excluding carboxylic acids is 2. The molecule has 0 radical (unpaired) electrons. The molecule has 3 aromatic rings. The van der Waals surface area contributed by atoms with Gasteiger partial charge in [0.15, 0.2) is 0 Å². The summed E-state index contributed by atoms with van der Waals surface area (Å²) >= 11 is 0. The summed E-state index contributed by atoms with van der Waals surface area (Å²) in [7, 11) is 1.92. The first kappa shape index (κ1) is 21.1. The molecule has 2 aliphatic heterocycles. The van der Waals surface area contributed by atoms with E-state index in [-0.39, 0.29) is 18.2 Å². The zero-order valence-electron chi connectivity index (χ0n) is 18.4. The van der Waals surface area contributed by atoms with Gasteiger partial charge in [-0.05, 0) is 48.2 Å². The van der Waals surface area contributed by atoms with Crippen LogP contribution in [0.15, 0.2) is 42.7 Å². The number of aryl methyl sites for hydroxylation is 2. The van der Waals surface area contributed by atoms with Crippen LogP contribution in [0.4, 0.5) is 0 Å². The Balaban J connectivity index is 1.51. The third-order valence-corrected chi connectivity index (χ3v) is 6.53. The van der Waals surface area contributed by atoms with Crippen molar-refractivity contribution in [1.29, 1.82) is 5.26 Å². The lowest BCUT2D eigenvalue weighted by molar-refractivity contribution is -0.141. The van der Waals surface area contributed by atoms with E-state index in [1.807, 2.05) is 48.9 Å². The van der Waals surface area contributed by atoms with Gasteiger partial charge in [-0.15, -0.1) is 0 Å². The molecule has 0 saturated carbocycles. The normalized spacial score (nSPS) is 20.4. The molecule has 2 atom stereocenters. The van der Waals surface area contributed by atoms with Gasteiger partial charge in [0.25, 0.3) is 0 Å². The Hall–Kier alpha value is -3.80. The molecule has 2 amide bonds. The van der Waals surface area contributed by atoms with Crippen LogP contribution in [-0.2, 0) is 23.2 Å². The lowest BCUT2D eigenvalue weighted by Crippen LogP contribution is -2.51. The number of imide groups is 1. The molecule has 0 spiro atoms. The van der Waals surface area contributed by atoms with Crippen LogP contribution in [0.25, 0.3) is 22.5 Å². The topological polar surface area (TPSA) is 111 Å². The molecule has 0 aliphatic carbocycles. The molecule has 1 saturated heterocycles. The zero-order valence-corrected chi connectivity index (χ0v) is 18.4. The van der Waals surface area contributed by atoms with Gasteiger partial charge in [-0.2, -0.15) is 5.26 Å². The Labute approximate surface area is 191 Å². The molecule has 1 aromatic heterocycles. The Morgan fingerprint density at radius 2 is 2.03 bits per heavy atom. The van der Waals surface area contributed by atoms with Crippen molar-refractivity contribution >= 4 is 11.8 Å². The maximum absolute atomic E-state index is 12.3. The molecule has 33 heavy (non-hydrogen) atoms. The van der Waals surface area contributed by atoms with Crippen molar-refractivity contribution in [3.63, 3.8) is 0 Å². The van der Waals surface area contributed by atoms with Crippen LogP contribution in [0.2, 0.25) is 0 Å². The number of nitrogens with one attached hydrogen (secondary N) is 1. The minimum atomic E-state index is -0.907. The van der Waals surface area contributed by atoms with Gasteiger partial charge in [-0.3, -0.25) is 19.8 Å². The van der Waals surface area contributed by atoms with Crippen LogP contribution in [-0.4, -0.2) is 37.4 Å². The van der Waals surface area contributed by atoms with E-state index in [4.69, 9.17) is 0 Å². The number of rotatable bonds is 3. The van der Waals surface area contributed by atoms with Crippen LogP contribution in [0.5, 0.6) is 0 Å². The van der Waals surface area contributed by atoms with E-state index >= 15 is 0 Å². The SMILES string of the molecule is Cc1ccc(C#N)cc1-c1c(-c2ccc3c(c2)CN(C2CCC(=O)NC2=O)C3O)ncn1C. The summed E-state index contributed by atoms with van der Waals surface area (Å²) in [4.78, 5) is 30.2. The van der Waals surface area contributed by atoms with Crippen molar-refractivity contribution in [3.8, 4) is 28.6 Å². The minimum Gasteiger partial charge on any atom is -0.374 e. The molecule has 2 N–H and O–H groups in total. The summed E-state index contributed by atoms with van der Waals surface area (Å²) < 4.78 is 1.94. The highest BCUT2D eigenvalue weighted by molar-refractivity contribution is 6.00. The number of nitrogens with zero attached hydrogens (tertiary/aromatic N) is 4. The van der Waals surface area contributed by atoms with E-state index in [1.54, 1.807) is 17.3 Å². The molecule has 5 rings (SSSR count). The molecular formula is C25H23N5O3. The van der Waals surface area contributed by atoms with Crippen LogP contribution in [0, 0.1) is 18.3 Å². The Morgan fingerprint density at radius 1 is 1.21 bits per heavy atom. The Morgan fingerprint density at radius 3 is 2.79 bits per heavy atom. The van der Waals surface area contributed by atoms with E-state index in [1.165, 1.54) is 0 Å². The summed E-state index contributed by atoms with van der Waals surface area (Å²) in [6.07, 6.45) is 1.50. The number of fused-ring (bicyclic) bond motifs is 1. The second-order valence-electron chi connectivity index (χ2n) is 8.62. The van der Waals surface area contributed by atoms with Gasteiger partial charge in [0.2, 0.25) is 11.8 Å². The maximum atomic E-state index is 12.3. The average Bonchev–Trinajstić information content (AvgIpc) is 3.34. The second-order valence-corrected chi connectivity index (χ2v) is 8.62. The monoisotopic (exact) mass is 441 g/mol. The summed E-state index contributed by atoms with van der Waals surface area (Å²) in [5.74, 6) is -0.638. The molecule has 1 fully saturated rings. The third kappa shape index (κ3) is 3.52. The fraction of sp³-hybridized carbons (Fsp3) is 0.280. The number of aliphatic hydroxyl groups is 1. The predicted octanol–water partition coefficient (Wildman–Crippen LogP) is 2.55. The summed E-state index contributed by atoms with van der Waals surface area (Å²) in [5, 5.41) is 22.6. The molecule has 0 bridgehead atoms. The van der Waals surface area contributed by atoms with E-state index in [2.05, 4.69) is 16.4 Å². The van der Waals surface area contributed by atoms with Gasteiger partial charge in [0.1, 0.15) is 6.23 Å².